The maximum Gasteiger partial charge on any atom is 0.126 e. The molecule has 3 nitrogen and oxygen atoms in total. The number of nitrogens with zero attached hydrogens (tertiary/aromatic N) is 1. The Morgan fingerprint density at radius 2 is 1.82 bits per heavy atom. The lowest BCUT2D eigenvalue weighted by atomic mass is 10.1. The number of anilines is 1. The summed E-state index contributed by atoms with van der Waals surface area (Å²) in [5, 5.41) is 6.81. The Kier molecular flexibility index (Phi) is 11.0. The molecule has 1 fully saturated rings. The predicted octanol–water partition coefficient (Wildman–Crippen LogP) is 2.82. The number of aromatic nitrogens is 1. The molecule has 0 unspecified atom stereocenters. The van der Waals surface area contributed by atoms with Crippen LogP contribution < -0.4 is 10.6 Å². The van der Waals surface area contributed by atoms with Crippen LogP contribution in [0.25, 0.3) is 0 Å². The van der Waals surface area contributed by atoms with Crippen molar-refractivity contribution >= 4 is 43.0 Å². The molecule has 1 aromatic heterocycles. The van der Waals surface area contributed by atoms with Crippen LogP contribution in [0.5, 0.6) is 0 Å². The minimum absolute atomic E-state index is 0. The highest BCUT2D eigenvalue weighted by Gasteiger charge is 2.12. The van der Waals surface area contributed by atoms with Crippen molar-refractivity contribution in [3.8, 4) is 0 Å². The lowest BCUT2D eigenvalue weighted by Crippen LogP contribution is -2.35. The van der Waals surface area contributed by atoms with E-state index < -0.39 is 0 Å². The topological polar surface area (TPSA) is 37.0 Å². The van der Waals surface area contributed by atoms with E-state index in [-0.39, 0.29) is 37.2 Å². The fourth-order valence-electron chi connectivity index (χ4n) is 1.73. The monoisotopic (exact) mass is 299 g/mol. The van der Waals surface area contributed by atoms with Crippen LogP contribution >= 0.6 is 37.2 Å². The van der Waals surface area contributed by atoms with Crippen LogP contribution in [-0.2, 0) is 0 Å². The normalized spacial score (nSPS) is 14.9. The van der Waals surface area contributed by atoms with Crippen molar-refractivity contribution in [2.75, 3.05) is 18.4 Å². The standard InChI is InChI=1S/C11H17N3.3ClH/c1-9-2-3-11(13-8-9)14-10-4-6-12-7-5-10;;;/h2-3,8,10,12H,4-7H2,1H3,(H,13,14);3*1H. The van der Waals surface area contributed by atoms with E-state index in [0.717, 1.165) is 18.9 Å². The molecule has 2 heterocycles. The van der Waals surface area contributed by atoms with Gasteiger partial charge in [0.05, 0.1) is 0 Å². The molecule has 1 aliphatic heterocycles. The minimum Gasteiger partial charge on any atom is -0.367 e. The van der Waals surface area contributed by atoms with Crippen molar-refractivity contribution in [1.82, 2.24) is 10.3 Å². The van der Waals surface area contributed by atoms with Crippen LogP contribution in [0.15, 0.2) is 18.3 Å². The molecule has 100 valence electrons. The summed E-state index contributed by atoms with van der Waals surface area (Å²) in [6, 6.07) is 4.74. The molecule has 6 heteroatoms. The fourth-order valence-corrected chi connectivity index (χ4v) is 1.73. The van der Waals surface area contributed by atoms with Crippen LogP contribution in [0.1, 0.15) is 18.4 Å². The van der Waals surface area contributed by atoms with E-state index in [1.165, 1.54) is 18.4 Å². The third-order valence-corrected chi connectivity index (χ3v) is 2.60. The average molecular weight is 301 g/mol. The summed E-state index contributed by atoms with van der Waals surface area (Å²) in [5.74, 6) is 1.00. The maximum atomic E-state index is 4.34. The Bertz CT molecular complexity index is 287. The van der Waals surface area contributed by atoms with Gasteiger partial charge in [0, 0.05) is 12.2 Å². The first-order valence-corrected chi connectivity index (χ1v) is 5.24. The molecule has 0 amide bonds. The lowest BCUT2D eigenvalue weighted by molar-refractivity contribution is 0.478. The quantitative estimate of drug-likeness (QED) is 0.882. The van der Waals surface area contributed by atoms with Gasteiger partial charge < -0.3 is 10.6 Å². The van der Waals surface area contributed by atoms with Gasteiger partial charge in [-0.15, -0.1) is 37.2 Å². The summed E-state index contributed by atoms with van der Waals surface area (Å²) >= 11 is 0. The van der Waals surface area contributed by atoms with Crippen LogP contribution in [0, 0.1) is 6.92 Å². The number of rotatable bonds is 2. The molecule has 1 aromatic rings. The zero-order valence-corrected chi connectivity index (χ0v) is 12.3. The number of aryl methyl sites for hydroxylation is 1. The number of nitrogens with one attached hydrogen (secondary N) is 2. The summed E-state index contributed by atoms with van der Waals surface area (Å²) in [5.41, 5.74) is 1.21. The van der Waals surface area contributed by atoms with Gasteiger partial charge in [-0.2, -0.15) is 0 Å². The van der Waals surface area contributed by atoms with Crippen molar-refractivity contribution in [1.29, 1.82) is 0 Å². The molecule has 0 aliphatic carbocycles. The average Bonchev–Trinajstić information content (AvgIpc) is 2.23. The Hall–Kier alpha value is -0.220. The molecule has 1 saturated heterocycles. The van der Waals surface area contributed by atoms with E-state index in [1.807, 2.05) is 6.20 Å². The highest BCUT2D eigenvalue weighted by molar-refractivity contribution is 5.86. The molecular weight excluding hydrogens is 281 g/mol. The van der Waals surface area contributed by atoms with Gasteiger partial charge >= 0.3 is 0 Å². The first-order valence-electron chi connectivity index (χ1n) is 5.24. The second-order valence-corrected chi connectivity index (χ2v) is 3.89. The van der Waals surface area contributed by atoms with E-state index in [0.29, 0.717) is 6.04 Å². The van der Waals surface area contributed by atoms with Gasteiger partial charge in [0.1, 0.15) is 5.82 Å². The number of pyridine rings is 1. The molecule has 0 radical (unpaired) electrons. The highest BCUT2D eigenvalue weighted by Crippen LogP contribution is 2.10. The Morgan fingerprint density at radius 3 is 2.35 bits per heavy atom. The first kappa shape index (κ1) is 19.1. The summed E-state index contributed by atoms with van der Waals surface area (Å²) in [6.45, 7) is 4.29. The third-order valence-electron chi connectivity index (χ3n) is 2.60. The zero-order chi connectivity index (χ0) is 9.80. The van der Waals surface area contributed by atoms with Crippen LogP contribution in [0.2, 0.25) is 0 Å². The van der Waals surface area contributed by atoms with Gasteiger partial charge in [-0.25, -0.2) is 4.98 Å². The second kappa shape index (κ2) is 9.77. The van der Waals surface area contributed by atoms with Gasteiger partial charge in [0.25, 0.3) is 0 Å². The fraction of sp³-hybridized carbons (Fsp3) is 0.545. The first-order chi connectivity index (χ1) is 6.84. The molecule has 0 bridgehead atoms. The third kappa shape index (κ3) is 6.32. The van der Waals surface area contributed by atoms with Crippen molar-refractivity contribution < 1.29 is 0 Å². The van der Waals surface area contributed by atoms with Crippen LogP contribution in [0.3, 0.4) is 0 Å². The van der Waals surface area contributed by atoms with Crippen molar-refractivity contribution in [3.63, 3.8) is 0 Å². The molecule has 0 atom stereocenters. The molecule has 0 aromatic carbocycles. The van der Waals surface area contributed by atoms with Crippen molar-refractivity contribution in [3.05, 3.63) is 23.9 Å². The second-order valence-electron chi connectivity index (χ2n) is 3.89. The summed E-state index contributed by atoms with van der Waals surface area (Å²) in [6.07, 6.45) is 4.29. The Labute approximate surface area is 121 Å². The molecule has 2 rings (SSSR count). The minimum atomic E-state index is 0. The number of hydrogen-bond acceptors (Lipinski definition) is 3. The van der Waals surface area contributed by atoms with Gasteiger partial charge in [-0.05, 0) is 44.5 Å². The Balaban J connectivity index is 0. The van der Waals surface area contributed by atoms with Crippen molar-refractivity contribution in [2.24, 2.45) is 0 Å². The van der Waals surface area contributed by atoms with Gasteiger partial charge in [0.15, 0.2) is 0 Å². The summed E-state index contributed by atoms with van der Waals surface area (Å²) in [7, 11) is 0. The Morgan fingerprint density at radius 1 is 1.18 bits per heavy atom. The molecule has 1 aliphatic rings. The number of piperidine rings is 1. The SMILES string of the molecule is Cc1ccc(NC2CCNCC2)nc1.Cl.Cl.Cl. The van der Waals surface area contributed by atoms with E-state index in [4.69, 9.17) is 0 Å². The smallest absolute Gasteiger partial charge is 0.126 e. The van der Waals surface area contributed by atoms with Gasteiger partial charge in [-0.3, -0.25) is 0 Å². The van der Waals surface area contributed by atoms with E-state index in [2.05, 4.69) is 34.7 Å². The molecule has 0 spiro atoms. The lowest BCUT2D eigenvalue weighted by Gasteiger charge is -2.24. The van der Waals surface area contributed by atoms with E-state index >= 15 is 0 Å². The largest absolute Gasteiger partial charge is 0.367 e. The molecule has 0 saturated carbocycles. The molecular formula is C11H20Cl3N3. The number of hydrogen-bond donors (Lipinski definition) is 2. The highest BCUT2D eigenvalue weighted by atomic mass is 35.5. The van der Waals surface area contributed by atoms with E-state index in [1.54, 1.807) is 0 Å². The van der Waals surface area contributed by atoms with E-state index in [9.17, 15) is 0 Å². The predicted molar refractivity (Wildman–Crippen MR) is 80.2 cm³/mol. The summed E-state index contributed by atoms with van der Waals surface area (Å²) < 4.78 is 0. The maximum absolute atomic E-state index is 4.34. The van der Waals surface area contributed by atoms with Gasteiger partial charge in [-0.1, -0.05) is 6.07 Å². The summed E-state index contributed by atoms with van der Waals surface area (Å²) in [4.78, 5) is 4.34. The molecule has 17 heavy (non-hydrogen) atoms. The zero-order valence-electron chi connectivity index (χ0n) is 9.81. The number of halogens is 3. The van der Waals surface area contributed by atoms with Gasteiger partial charge in [0.2, 0.25) is 0 Å². The van der Waals surface area contributed by atoms with Crippen LogP contribution in [-0.4, -0.2) is 24.1 Å². The van der Waals surface area contributed by atoms with Crippen molar-refractivity contribution in [2.45, 2.75) is 25.8 Å². The van der Waals surface area contributed by atoms with Crippen LogP contribution in [0.4, 0.5) is 5.82 Å². The molecule has 2 N–H and O–H groups in total.